The van der Waals surface area contributed by atoms with Crippen molar-refractivity contribution >= 4 is 40.2 Å². The summed E-state index contributed by atoms with van der Waals surface area (Å²) in [5.74, 6) is 0.0372. The molecule has 134 valence electrons. The first kappa shape index (κ1) is 18.8. The Hall–Kier alpha value is -1.95. The van der Waals surface area contributed by atoms with Crippen molar-refractivity contribution in [2.24, 2.45) is 0 Å². The zero-order valence-corrected chi connectivity index (χ0v) is 16.8. The molecule has 1 amide bonds. The van der Waals surface area contributed by atoms with Crippen LogP contribution in [-0.4, -0.2) is 22.3 Å². The smallest absolute Gasteiger partial charge is 0.229 e. The van der Waals surface area contributed by atoms with Crippen molar-refractivity contribution in [3.05, 3.63) is 74.9 Å². The summed E-state index contributed by atoms with van der Waals surface area (Å²) < 4.78 is 0.730. The number of thiophene rings is 1. The van der Waals surface area contributed by atoms with E-state index in [-0.39, 0.29) is 12.3 Å². The summed E-state index contributed by atoms with van der Waals surface area (Å²) in [6.07, 6.45) is 2.03. The van der Waals surface area contributed by atoms with Crippen molar-refractivity contribution in [3.63, 3.8) is 0 Å². The largest absolute Gasteiger partial charge is 0.334 e. The summed E-state index contributed by atoms with van der Waals surface area (Å²) in [5.41, 5.74) is 3.10. The summed E-state index contributed by atoms with van der Waals surface area (Å²) in [4.78, 5) is 20.2. The number of halogens is 1. The molecule has 0 fully saturated rings. The van der Waals surface area contributed by atoms with E-state index in [0.717, 1.165) is 25.5 Å². The fourth-order valence-electron chi connectivity index (χ4n) is 2.52. The minimum absolute atomic E-state index is 0.0372. The van der Waals surface area contributed by atoms with Crippen LogP contribution in [0.1, 0.15) is 16.1 Å². The van der Waals surface area contributed by atoms with Crippen LogP contribution >= 0.6 is 34.3 Å². The van der Waals surface area contributed by atoms with Gasteiger partial charge in [0.05, 0.1) is 23.0 Å². The normalized spacial score (nSPS) is 10.7. The maximum Gasteiger partial charge on any atom is 0.229 e. The number of thiazole rings is 1. The minimum atomic E-state index is 0.0372. The van der Waals surface area contributed by atoms with Crippen LogP contribution in [0.2, 0.25) is 4.34 Å². The molecular weight excluding hydrogens is 384 g/mol. The predicted molar refractivity (Wildman–Crippen MR) is 111 cm³/mol. The van der Waals surface area contributed by atoms with E-state index in [1.165, 1.54) is 16.9 Å². The van der Waals surface area contributed by atoms with Gasteiger partial charge in [0.1, 0.15) is 5.01 Å². The molecule has 3 nitrogen and oxygen atoms in total. The van der Waals surface area contributed by atoms with Gasteiger partial charge in [0.2, 0.25) is 5.91 Å². The van der Waals surface area contributed by atoms with Gasteiger partial charge in [-0.3, -0.25) is 4.79 Å². The first-order chi connectivity index (χ1) is 12.5. The lowest BCUT2D eigenvalue weighted by molar-refractivity contribution is -0.130. The molecule has 0 N–H and O–H groups in total. The number of rotatable bonds is 7. The van der Waals surface area contributed by atoms with Gasteiger partial charge in [-0.1, -0.05) is 47.5 Å². The van der Waals surface area contributed by atoms with Crippen LogP contribution in [0.3, 0.4) is 0 Å². The molecule has 0 atom stereocenters. The molecule has 2 aromatic heterocycles. The third kappa shape index (κ3) is 4.81. The molecule has 0 radical (unpaired) electrons. The molecule has 3 rings (SSSR count). The fourth-order valence-corrected chi connectivity index (χ4v) is 4.45. The molecule has 0 saturated heterocycles. The topological polar surface area (TPSA) is 33.2 Å². The van der Waals surface area contributed by atoms with Crippen molar-refractivity contribution in [1.82, 2.24) is 9.88 Å². The third-order valence-corrected chi connectivity index (χ3v) is 6.02. The van der Waals surface area contributed by atoms with E-state index in [1.54, 1.807) is 22.3 Å². The van der Waals surface area contributed by atoms with Gasteiger partial charge in [-0.05, 0) is 19.1 Å². The fraction of sp³-hybridized carbons (Fsp3) is 0.200. The lowest BCUT2D eigenvalue weighted by Crippen LogP contribution is -2.31. The van der Waals surface area contributed by atoms with Crippen LogP contribution in [-0.2, 0) is 17.8 Å². The molecule has 3 aromatic rings. The average molecular weight is 403 g/mol. The molecule has 26 heavy (non-hydrogen) atoms. The van der Waals surface area contributed by atoms with Crippen molar-refractivity contribution in [2.75, 3.05) is 6.54 Å². The Morgan fingerprint density at radius 1 is 1.27 bits per heavy atom. The van der Waals surface area contributed by atoms with E-state index in [1.807, 2.05) is 17.5 Å². The molecule has 0 aliphatic heterocycles. The summed E-state index contributed by atoms with van der Waals surface area (Å²) in [6, 6.07) is 12.1. The molecule has 0 saturated carbocycles. The van der Waals surface area contributed by atoms with Gasteiger partial charge in [-0.2, -0.15) is 0 Å². The Kier molecular flexibility index (Phi) is 6.25. The highest BCUT2D eigenvalue weighted by atomic mass is 35.5. The number of aromatic nitrogens is 1. The molecule has 0 bridgehead atoms. The van der Waals surface area contributed by atoms with Gasteiger partial charge in [0.15, 0.2) is 0 Å². The molecular formula is C20H19ClN2OS2. The van der Waals surface area contributed by atoms with Crippen molar-refractivity contribution < 1.29 is 4.79 Å². The first-order valence-electron chi connectivity index (χ1n) is 8.19. The van der Waals surface area contributed by atoms with Crippen molar-refractivity contribution in [2.45, 2.75) is 19.9 Å². The van der Waals surface area contributed by atoms with Gasteiger partial charge in [0, 0.05) is 22.4 Å². The molecule has 0 aliphatic rings. The van der Waals surface area contributed by atoms with Crippen molar-refractivity contribution in [3.8, 4) is 10.6 Å². The van der Waals surface area contributed by atoms with Crippen LogP contribution < -0.4 is 0 Å². The Balaban J connectivity index is 1.69. The van der Waals surface area contributed by atoms with Crippen molar-refractivity contribution in [1.29, 1.82) is 0 Å². The van der Waals surface area contributed by atoms with Crippen LogP contribution in [0, 0.1) is 6.92 Å². The quantitative estimate of drug-likeness (QED) is 0.482. The number of hydrogen-bond donors (Lipinski definition) is 0. The zero-order valence-electron chi connectivity index (χ0n) is 14.4. The third-order valence-electron chi connectivity index (χ3n) is 3.86. The SMILES string of the molecule is C=CCN(Cc1ccc(Cl)s1)C(=O)Cc1csc(-c2ccc(C)cc2)n1. The van der Waals surface area contributed by atoms with E-state index in [0.29, 0.717) is 13.1 Å². The minimum Gasteiger partial charge on any atom is -0.334 e. The summed E-state index contributed by atoms with van der Waals surface area (Å²) in [5, 5.41) is 2.90. The van der Waals surface area contributed by atoms with Crippen LogP contribution in [0.15, 0.2) is 54.4 Å². The molecule has 0 unspecified atom stereocenters. The Labute approximate surface area is 166 Å². The lowest BCUT2D eigenvalue weighted by Gasteiger charge is -2.20. The second-order valence-electron chi connectivity index (χ2n) is 5.96. The number of carbonyl (C=O) groups excluding carboxylic acids is 1. The monoisotopic (exact) mass is 402 g/mol. The van der Waals surface area contributed by atoms with E-state index in [9.17, 15) is 4.79 Å². The second kappa shape index (κ2) is 8.62. The Bertz CT molecular complexity index is 899. The van der Waals surface area contributed by atoms with E-state index < -0.39 is 0 Å². The molecule has 0 aliphatic carbocycles. The number of benzene rings is 1. The summed E-state index contributed by atoms with van der Waals surface area (Å²) >= 11 is 9.04. The van der Waals surface area contributed by atoms with Crippen LogP contribution in [0.4, 0.5) is 0 Å². The maximum atomic E-state index is 12.7. The second-order valence-corrected chi connectivity index (χ2v) is 8.61. The van der Waals surface area contributed by atoms with Gasteiger partial charge >= 0.3 is 0 Å². The highest BCUT2D eigenvalue weighted by Gasteiger charge is 2.16. The molecule has 1 aromatic carbocycles. The van der Waals surface area contributed by atoms with Gasteiger partial charge < -0.3 is 4.90 Å². The molecule has 2 heterocycles. The van der Waals surface area contributed by atoms with E-state index in [2.05, 4.69) is 42.8 Å². The molecule has 6 heteroatoms. The summed E-state index contributed by atoms with van der Waals surface area (Å²) in [6.45, 7) is 6.86. The molecule has 0 spiro atoms. The Morgan fingerprint density at radius 3 is 2.69 bits per heavy atom. The van der Waals surface area contributed by atoms with Gasteiger partial charge in [-0.25, -0.2) is 4.98 Å². The standard InChI is InChI=1S/C20H19ClN2OS2/c1-3-10-23(12-17-8-9-18(21)26-17)19(24)11-16-13-25-20(22-16)15-6-4-14(2)5-7-15/h3-9,13H,1,10-12H2,2H3. The summed E-state index contributed by atoms with van der Waals surface area (Å²) in [7, 11) is 0. The highest BCUT2D eigenvalue weighted by Crippen LogP contribution is 2.25. The number of carbonyl (C=O) groups is 1. The van der Waals surface area contributed by atoms with E-state index in [4.69, 9.17) is 11.6 Å². The number of nitrogens with zero attached hydrogens (tertiary/aromatic N) is 2. The predicted octanol–water partition coefficient (Wildman–Crippen LogP) is 5.59. The number of amides is 1. The van der Waals surface area contributed by atoms with Gasteiger partial charge in [-0.15, -0.1) is 29.3 Å². The van der Waals surface area contributed by atoms with Crippen LogP contribution in [0.5, 0.6) is 0 Å². The number of aryl methyl sites for hydroxylation is 1. The van der Waals surface area contributed by atoms with Crippen LogP contribution in [0.25, 0.3) is 10.6 Å². The van der Waals surface area contributed by atoms with Gasteiger partial charge in [0.25, 0.3) is 0 Å². The number of hydrogen-bond acceptors (Lipinski definition) is 4. The highest BCUT2D eigenvalue weighted by molar-refractivity contribution is 7.16. The zero-order chi connectivity index (χ0) is 18.5. The Morgan fingerprint density at radius 2 is 2.04 bits per heavy atom. The average Bonchev–Trinajstić information content (AvgIpc) is 3.24. The van der Waals surface area contributed by atoms with E-state index >= 15 is 0 Å². The first-order valence-corrected chi connectivity index (χ1v) is 10.3. The lowest BCUT2D eigenvalue weighted by atomic mass is 10.2. The maximum absolute atomic E-state index is 12.7.